The lowest BCUT2D eigenvalue weighted by Gasteiger charge is -2.16. The third kappa shape index (κ3) is 3.94. The normalized spacial score (nSPS) is 12.9. The average Bonchev–Trinajstić information content (AvgIpc) is 2.28. The van der Waals surface area contributed by atoms with E-state index in [1.54, 1.807) is 24.3 Å². The van der Waals surface area contributed by atoms with Gasteiger partial charge in [0.15, 0.2) is 0 Å². The third-order valence-electron chi connectivity index (χ3n) is 2.35. The van der Waals surface area contributed by atoms with Crippen LogP contribution in [0.3, 0.4) is 0 Å². The lowest BCUT2D eigenvalue weighted by atomic mass is 10.1. The summed E-state index contributed by atoms with van der Waals surface area (Å²) in [4.78, 5) is 10.8. The number of hydrogen-bond donors (Lipinski definition) is 1. The summed E-state index contributed by atoms with van der Waals surface area (Å²) in [6.45, 7) is 1.51. The first-order valence-corrected chi connectivity index (χ1v) is 5.34. The number of halogens is 3. The van der Waals surface area contributed by atoms with Gasteiger partial charge in [0, 0.05) is 6.04 Å². The van der Waals surface area contributed by atoms with E-state index in [1.807, 2.05) is 5.32 Å². The number of carbonyl (C=O) groups is 1. The van der Waals surface area contributed by atoms with Gasteiger partial charge in [-0.3, -0.25) is 4.79 Å². The van der Waals surface area contributed by atoms with E-state index in [-0.39, 0.29) is 6.42 Å². The van der Waals surface area contributed by atoms with E-state index in [4.69, 9.17) is 4.74 Å². The van der Waals surface area contributed by atoms with Crippen molar-refractivity contribution in [2.75, 3.05) is 7.11 Å². The summed E-state index contributed by atoms with van der Waals surface area (Å²) in [6.07, 6.45) is -4.58. The molecule has 6 heteroatoms. The summed E-state index contributed by atoms with van der Waals surface area (Å²) in [5, 5.41) is 1.90. The van der Waals surface area contributed by atoms with E-state index in [9.17, 15) is 18.0 Å². The van der Waals surface area contributed by atoms with E-state index >= 15 is 0 Å². The van der Waals surface area contributed by atoms with Gasteiger partial charge in [0.1, 0.15) is 5.75 Å². The molecule has 0 heterocycles. The molecule has 100 valence electrons. The Kier molecular flexibility index (Phi) is 4.58. The SMILES string of the molecule is COc1ccccc1CC(C)NC(=O)C(F)(F)F. The van der Waals surface area contributed by atoms with E-state index < -0.39 is 18.1 Å². The van der Waals surface area contributed by atoms with Crippen molar-refractivity contribution in [3.63, 3.8) is 0 Å². The Morgan fingerprint density at radius 1 is 1.39 bits per heavy atom. The molecule has 0 saturated heterocycles. The molecule has 1 N–H and O–H groups in total. The number of nitrogens with one attached hydrogen (secondary N) is 1. The molecule has 0 radical (unpaired) electrons. The van der Waals surface area contributed by atoms with E-state index in [0.717, 1.165) is 5.56 Å². The van der Waals surface area contributed by atoms with Crippen LogP contribution in [-0.4, -0.2) is 25.2 Å². The van der Waals surface area contributed by atoms with Crippen LogP contribution in [0, 0.1) is 0 Å². The second kappa shape index (κ2) is 5.75. The van der Waals surface area contributed by atoms with Crippen LogP contribution in [0.4, 0.5) is 13.2 Å². The molecule has 0 aliphatic rings. The molecular weight excluding hydrogens is 247 g/mol. The second-order valence-electron chi connectivity index (χ2n) is 3.89. The summed E-state index contributed by atoms with van der Waals surface area (Å²) in [5.41, 5.74) is 0.745. The Bertz CT molecular complexity index is 418. The molecule has 1 atom stereocenters. The van der Waals surface area contributed by atoms with Crippen LogP contribution in [0.5, 0.6) is 5.75 Å². The minimum atomic E-state index is -4.85. The number of benzene rings is 1. The molecule has 0 spiro atoms. The van der Waals surface area contributed by atoms with Crippen LogP contribution < -0.4 is 10.1 Å². The molecule has 0 aromatic heterocycles. The first kappa shape index (κ1) is 14.3. The van der Waals surface area contributed by atoms with Crippen molar-refractivity contribution in [3.8, 4) is 5.75 Å². The topological polar surface area (TPSA) is 38.3 Å². The number of amides is 1. The zero-order valence-electron chi connectivity index (χ0n) is 10.0. The maximum absolute atomic E-state index is 12.1. The number of methoxy groups -OCH3 is 1. The molecule has 1 amide bonds. The maximum atomic E-state index is 12.1. The number of carbonyl (C=O) groups excluding carboxylic acids is 1. The summed E-state index contributed by atoms with van der Waals surface area (Å²) < 4.78 is 41.3. The monoisotopic (exact) mass is 261 g/mol. The Morgan fingerprint density at radius 2 is 2.00 bits per heavy atom. The maximum Gasteiger partial charge on any atom is 0.471 e. The van der Waals surface area contributed by atoms with Crippen molar-refractivity contribution in [3.05, 3.63) is 29.8 Å². The van der Waals surface area contributed by atoms with Crippen molar-refractivity contribution < 1.29 is 22.7 Å². The Balaban J connectivity index is 2.65. The van der Waals surface area contributed by atoms with Gasteiger partial charge < -0.3 is 10.1 Å². The van der Waals surface area contributed by atoms with Crippen LogP contribution in [0.1, 0.15) is 12.5 Å². The van der Waals surface area contributed by atoms with Crippen molar-refractivity contribution >= 4 is 5.91 Å². The first-order chi connectivity index (χ1) is 8.34. The van der Waals surface area contributed by atoms with Gasteiger partial charge in [0.25, 0.3) is 0 Å². The molecule has 1 aromatic rings. The van der Waals surface area contributed by atoms with E-state index in [0.29, 0.717) is 5.75 Å². The molecule has 0 saturated carbocycles. The lowest BCUT2D eigenvalue weighted by Crippen LogP contribution is -2.42. The summed E-state index contributed by atoms with van der Waals surface area (Å²) in [5.74, 6) is -1.34. The highest BCUT2D eigenvalue weighted by Crippen LogP contribution is 2.20. The zero-order valence-corrected chi connectivity index (χ0v) is 10.0. The predicted octanol–water partition coefficient (Wildman–Crippen LogP) is 2.30. The lowest BCUT2D eigenvalue weighted by molar-refractivity contribution is -0.174. The molecule has 1 rings (SSSR count). The molecule has 18 heavy (non-hydrogen) atoms. The third-order valence-corrected chi connectivity index (χ3v) is 2.35. The van der Waals surface area contributed by atoms with E-state index in [2.05, 4.69) is 0 Å². The van der Waals surface area contributed by atoms with Crippen molar-refractivity contribution in [1.82, 2.24) is 5.32 Å². The van der Waals surface area contributed by atoms with Gasteiger partial charge in [0.2, 0.25) is 0 Å². The highest BCUT2D eigenvalue weighted by atomic mass is 19.4. The van der Waals surface area contributed by atoms with Gasteiger partial charge in [-0.2, -0.15) is 13.2 Å². The smallest absolute Gasteiger partial charge is 0.471 e. The molecule has 0 aliphatic heterocycles. The zero-order chi connectivity index (χ0) is 13.8. The van der Waals surface area contributed by atoms with Crippen LogP contribution in [0.2, 0.25) is 0 Å². The quantitative estimate of drug-likeness (QED) is 0.903. The predicted molar refractivity (Wildman–Crippen MR) is 60.4 cm³/mol. The van der Waals surface area contributed by atoms with E-state index in [1.165, 1.54) is 14.0 Å². The minimum absolute atomic E-state index is 0.270. The molecule has 1 aromatic carbocycles. The number of rotatable bonds is 4. The summed E-state index contributed by atoms with van der Waals surface area (Å²) in [6, 6.07) is 6.36. The van der Waals surface area contributed by atoms with Crippen molar-refractivity contribution in [2.24, 2.45) is 0 Å². The van der Waals surface area contributed by atoms with Crippen LogP contribution in [-0.2, 0) is 11.2 Å². The highest BCUT2D eigenvalue weighted by molar-refractivity contribution is 5.81. The minimum Gasteiger partial charge on any atom is -0.496 e. The molecule has 0 fully saturated rings. The largest absolute Gasteiger partial charge is 0.496 e. The Hall–Kier alpha value is -1.72. The van der Waals surface area contributed by atoms with Gasteiger partial charge in [-0.05, 0) is 25.0 Å². The van der Waals surface area contributed by atoms with Gasteiger partial charge >= 0.3 is 12.1 Å². The number of alkyl halides is 3. The Labute approximate surface area is 103 Å². The fraction of sp³-hybridized carbons (Fsp3) is 0.417. The Morgan fingerprint density at radius 3 is 2.56 bits per heavy atom. The van der Waals surface area contributed by atoms with Gasteiger partial charge in [0.05, 0.1) is 7.11 Å². The molecule has 0 bridgehead atoms. The summed E-state index contributed by atoms with van der Waals surface area (Å²) >= 11 is 0. The molecule has 0 aliphatic carbocycles. The summed E-state index contributed by atoms with van der Waals surface area (Å²) in [7, 11) is 1.48. The van der Waals surface area contributed by atoms with Crippen LogP contribution in [0.15, 0.2) is 24.3 Å². The average molecular weight is 261 g/mol. The van der Waals surface area contributed by atoms with Crippen LogP contribution >= 0.6 is 0 Å². The number of ether oxygens (including phenoxy) is 1. The van der Waals surface area contributed by atoms with Crippen molar-refractivity contribution in [1.29, 1.82) is 0 Å². The molecule has 3 nitrogen and oxygen atoms in total. The van der Waals surface area contributed by atoms with Gasteiger partial charge in [-0.15, -0.1) is 0 Å². The number of para-hydroxylation sites is 1. The van der Waals surface area contributed by atoms with Crippen molar-refractivity contribution in [2.45, 2.75) is 25.6 Å². The fourth-order valence-electron chi connectivity index (χ4n) is 1.56. The van der Waals surface area contributed by atoms with Gasteiger partial charge in [-0.1, -0.05) is 18.2 Å². The highest BCUT2D eigenvalue weighted by Gasteiger charge is 2.39. The fourth-order valence-corrected chi connectivity index (χ4v) is 1.56. The van der Waals surface area contributed by atoms with Crippen LogP contribution in [0.25, 0.3) is 0 Å². The number of hydrogen-bond acceptors (Lipinski definition) is 2. The molecular formula is C12H14F3NO2. The standard InChI is InChI=1S/C12H14F3NO2/c1-8(16-11(17)12(13,14)15)7-9-5-3-4-6-10(9)18-2/h3-6,8H,7H2,1-2H3,(H,16,17). The van der Waals surface area contributed by atoms with Gasteiger partial charge in [-0.25, -0.2) is 0 Å². The first-order valence-electron chi connectivity index (χ1n) is 5.34. The second-order valence-corrected chi connectivity index (χ2v) is 3.89. The molecule has 1 unspecified atom stereocenters.